The summed E-state index contributed by atoms with van der Waals surface area (Å²) in [4.78, 5) is 20.0. The first-order valence-corrected chi connectivity index (χ1v) is 5.08. The summed E-state index contributed by atoms with van der Waals surface area (Å²) in [7, 11) is 0. The second-order valence-corrected chi connectivity index (χ2v) is 3.65. The average Bonchev–Trinajstić information content (AvgIpc) is 2.33. The standard InChI is InChI=1S/C13H12N2O/c1-9-5-3-6-11(10(9)2)12(16)13-14-7-4-8-15-13/h3-8H,1-2H3. The summed E-state index contributed by atoms with van der Waals surface area (Å²) < 4.78 is 0. The van der Waals surface area contributed by atoms with Gasteiger partial charge in [0.25, 0.3) is 0 Å². The van der Waals surface area contributed by atoms with Crippen LogP contribution in [0.3, 0.4) is 0 Å². The van der Waals surface area contributed by atoms with Crippen LogP contribution in [0.4, 0.5) is 0 Å². The fraction of sp³-hybridized carbons (Fsp3) is 0.154. The van der Waals surface area contributed by atoms with Crippen LogP contribution in [0.2, 0.25) is 0 Å². The Morgan fingerprint density at radius 2 is 1.75 bits per heavy atom. The Morgan fingerprint density at radius 1 is 1.06 bits per heavy atom. The molecule has 0 spiro atoms. The maximum absolute atomic E-state index is 12.1. The molecular formula is C13H12N2O. The third kappa shape index (κ3) is 1.84. The van der Waals surface area contributed by atoms with Crippen LogP contribution in [0.1, 0.15) is 27.3 Å². The van der Waals surface area contributed by atoms with Crippen LogP contribution >= 0.6 is 0 Å². The van der Waals surface area contributed by atoms with Crippen molar-refractivity contribution in [3.05, 3.63) is 59.2 Å². The van der Waals surface area contributed by atoms with Gasteiger partial charge in [0, 0.05) is 18.0 Å². The summed E-state index contributed by atoms with van der Waals surface area (Å²) >= 11 is 0. The van der Waals surface area contributed by atoms with Crippen LogP contribution in [0.25, 0.3) is 0 Å². The lowest BCUT2D eigenvalue weighted by molar-refractivity contribution is 0.102. The van der Waals surface area contributed by atoms with Crippen LogP contribution in [0.15, 0.2) is 36.7 Å². The Morgan fingerprint density at radius 3 is 2.44 bits per heavy atom. The van der Waals surface area contributed by atoms with Gasteiger partial charge in [-0.3, -0.25) is 4.79 Å². The number of nitrogens with zero attached hydrogens (tertiary/aromatic N) is 2. The summed E-state index contributed by atoms with van der Waals surface area (Å²) in [6.45, 7) is 3.92. The number of hydrogen-bond acceptors (Lipinski definition) is 3. The predicted molar refractivity (Wildman–Crippen MR) is 61.4 cm³/mol. The quantitative estimate of drug-likeness (QED) is 0.717. The molecule has 16 heavy (non-hydrogen) atoms. The second kappa shape index (κ2) is 4.23. The molecule has 0 amide bonds. The van der Waals surface area contributed by atoms with Crippen molar-refractivity contribution >= 4 is 5.78 Å². The molecule has 0 fully saturated rings. The van der Waals surface area contributed by atoms with Crippen molar-refractivity contribution in [3.63, 3.8) is 0 Å². The van der Waals surface area contributed by atoms with E-state index in [2.05, 4.69) is 9.97 Å². The Kier molecular flexibility index (Phi) is 2.77. The molecule has 0 bridgehead atoms. The summed E-state index contributed by atoms with van der Waals surface area (Å²) in [6, 6.07) is 7.36. The molecule has 0 aliphatic rings. The van der Waals surface area contributed by atoms with Gasteiger partial charge in [-0.2, -0.15) is 0 Å². The van der Waals surface area contributed by atoms with Gasteiger partial charge in [0.05, 0.1) is 0 Å². The van der Waals surface area contributed by atoms with E-state index in [-0.39, 0.29) is 11.6 Å². The first kappa shape index (κ1) is 10.5. The summed E-state index contributed by atoms with van der Waals surface area (Å²) in [6.07, 6.45) is 3.15. The zero-order chi connectivity index (χ0) is 11.5. The van der Waals surface area contributed by atoms with E-state index in [0.29, 0.717) is 5.56 Å². The van der Waals surface area contributed by atoms with E-state index in [1.165, 1.54) is 0 Å². The van der Waals surface area contributed by atoms with Crippen LogP contribution in [-0.2, 0) is 0 Å². The largest absolute Gasteiger partial charge is 0.285 e. The number of benzene rings is 1. The van der Waals surface area contributed by atoms with Crippen molar-refractivity contribution in [2.75, 3.05) is 0 Å². The van der Waals surface area contributed by atoms with Gasteiger partial charge in [-0.1, -0.05) is 18.2 Å². The SMILES string of the molecule is Cc1cccc(C(=O)c2ncccn2)c1C. The molecule has 3 heteroatoms. The molecule has 0 unspecified atom stereocenters. The first-order valence-electron chi connectivity index (χ1n) is 5.08. The summed E-state index contributed by atoms with van der Waals surface area (Å²) in [5, 5.41) is 0. The third-order valence-electron chi connectivity index (χ3n) is 2.62. The van der Waals surface area contributed by atoms with E-state index in [1.54, 1.807) is 24.5 Å². The third-order valence-corrected chi connectivity index (χ3v) is 2.62. The zero-order valence-electron chi connectivity index (χ0n) is 9.27. The molecule has 1 aromatic heterocycles. The van der Waals surface area contributed by atoms with E-state index in [9.17, 15) is 4.79 Å². The number of carbonyl (C=O) groups excluding carboxylic acids is 1. The van der Waals surface area contributed by atoms with Crippen molar-refractivity contribution in [2.24, 2.45) is 0 Å². The minimum atomic E-state index is -0.123. The first-order chi connectivity index (χ1) is 7.70. The highest BCUT2D eigenvalue weighted by atomic mass is 16.1. The highest BCUT2D eigenvalue weighted by Crippen LogP contribution is 2.15. The molecule has 0 atom stereocenters. The van der Waals surface area contributed by atoms with Gasteiger partial charge in [0.2, 0.25) is 11.6 Å². The van der Waals surface area contributed by atoms with Crippen molar-refractivity contribution in [3.8, 4) is 0 Å². The molecule has 0 saturated carbocycles. The average molecular weight is 212 g/mol. The molecule has 1 aromatic carbocycles. The number of aryl methyl sites for hydroxylation is 1. The zero-order valence-corrected chi connectivity index (χ0v) is 9.27. The second-order valence-electron chi connectivity index (χ2n) is 3.65. The topological polar surface area (TPSA) is 42.9 Å². The highest BCUT2D eigenvalue weighted by molar-refractivity contribution is 6.07. The molecule has 3 nitrogen and oxygen atoms in total. The lowest BCUT2D eigenvalue weighted by Crippen LogP contribution is -2.08. The number of rotatable bonds is 2. The Labute approximate surface area is 94.2 Å². The van der Waals surface area contributed by atoms with E-state index in [0.717, 1.165) is 11.1 Å². The van der Waals surface area contributed by atoms with Gasteiger partial charge in [0.1, 0.15) is 0 Å². The number of aromatic nitrogens is 2. The molecule has 0 N–H and O–H groups in total. The fourth-order valence-electron chi connectivity index (χ4n) is 1.53. The van der Waals surface area contributed by atoms with Crippen LogP contribution in [-0.4, -0.2) is 15.8 Å². The van der Waals surface area contributed by atoms with Gasteiger partial charge in [-0.15, -0.1) is 0 Å². The number of hydrogen-bond donors (Lipinski definition) is 0. The molecule has 0 saturated heterocycles. The number of carbonyl (C=O) groups is 1. The van der Waals surface area contributed by atoms with Gasteiger partial charge in [-0.25, -0.2) is 9.97 Å². The molecular weight excluding hydrogens is 200 g/mol. The van der Waals surface area contributed by atoms with Crippen molar-refractivity contribution in [1.82, 2.24) is 9.97 Å². The van der Waals surface area contributed by atoms with Crippen LogP contribution < -0.4 is 0 Å². The van der Waals surface area contributed by atoms with Crippen molar-refractivity contribution in [2.45, 2.75) is 13.8 Å². The fourth-order valence-corrected chi connectivity index (χ4v) is 1.53. The molecule has 80 valence electrons. The summed E-state index contributed by atoms with van der Waals surface area (Å²) in [5.41, 5.74) is 2.76. The Hall–Kier alpha value is -2.03. The van der Waals surface area contributed by atoms with E-state index in [1.807, 2.05) is 26.0 Å². The smallest absolute Gasteiger partial charge is 0.230 e. The minimum Gasteiger partial charge on any atom is -0.285 e. The maximum Gasteiger partial charge on any atom is 0.230 e. The molecule has 0 aliphatic carbocycles. The summed E-state index contributed by atoms with van der Waals surface area (Å²) in [5.74, 6) is 0.123. The normalized spacial score (nSPS) is 10.1. The van der Waals surface area contributed by atoms with Crippen LogP contribution in [0.5, 0.6) is 0 Å². The molecule has 0 radical (unpaired) electrons. The van der Waals surface area contributed by atoms with Crippen molar-refractivity contribution < 1.29 is 4.79 Å². The Balaban J connectivity index is 2.46. The highest BCUT2D eigenvalue weighted by Gasteiger charge is 2.14. The number of ketones is 1. The molecule has 0 aliphatic heterocycles. The lowest BCUT2D eigenvalue weighted by Gasteiger charge is -2.06. The Bertz CT molecular complexity index is 521. The van der Waals surface area contributed by atoms with Crippen LogP contribution in [0, 0.1) is 13.8 Å². The monoisotopic (exact) mass is 212 g/mol. The van der Waals surface area contributed by atoms with E-state index >= 15 is 0 Å². The van der Waals surface area contributed by atoms with Gasteiger partial charge in [0.15, 0.2) is 0 Å². The van der Waals surface area contributed by atoms with E-state index < -0.39 is 0 Å². The predicted octanol–water partition coefficient (Wildman–Crippen LogP) is 2.32. The van der Waals surface area contributed by atoms with Crippen molar-refractivity contribution in [1.29, 1.82) is 0 Å². The van der Waals surface area contributed by atoms with Gasteiger partial charge >= 0.3 is 0 Å². The molecule has 1 heterocycles. The van der Waals surface area contributed by atoms with E-state index in [4.69, 9.17) is 0 Å². The van der Waals surface area contributed by atoms with Gasteiger partial charge < -0.3 is 0 Å². The molecule has 2 aromatic rings. The lowest BCUT2D eigenvalue weighted by atomic mass is 10.00. The minimum absolute atomic E-state index is 0.123. The molecule has 2 rings (SSSR count). The van der Waals surface area contributed by atoms with Gasteiger partial charge in [-0.05, 0) is 31.0 Å². The maximum atomic E-state index is 12.1.